The molecule has 0 heterocycles. The van der Waals surface area contributed by atoms with E-state index in [1.807, 2.05) is 24.3 Å². The molecule has 23 heavy (non-hydrogen) atoms. The average Bonchev–Trinajstić information content (AvgIpc) is 2.54. The number of esters is 2. The second-order valence-electron chi connectivity index (χ2n) is 5.39. The second-order valence-corrected chi connectivity index (χ2v) is 6.24. The third kappa shape index (κ3) is 9.39. The molecule has 0 saturated heterocycles. The number of unbranched alkanes of at least 4 members (excludes halogenated alkanes) is 3. The summed E-state index contributed by atoms with van der Waals surface area (Å²) in [6.07, 6.45) is 5.28. The molecule has 1 rings (SSSR count). The number of halogens is 1. The maximum atomic E-state index is 11.7. The van der Waals surface area contributed by atoms with Gasteiger partial charge in [0.25, 0.3) is 0 Å². The Morgan fingerprint density at radius 2 is 1.65 bits per heavy atom. The molecule has 128 valence electrons. The van der Waals surface area contributed by atoms with Gasteiger partial charge < -0.3 is 9.47 Å². The van der Waals surface area contributed by atoms with Gasteiger partial charge >= 0.3 is 11.9 Å². The van der Waals surface area contributed by atoms with Crippen molar-refractivity contribution in [1.29, 1.82) is 0 Å². The van der Waals surface area contributed by atoms with E-state index < -0.39 is 0 Å². The third-order valence-corrected chi connectivity index (χ3v) is 4.14. The quantitative estimate of drug-likeness (QED) is 0.406. The first-order valence-corrected chi connectivity index (χ1v) is 8.97. The molecule has 0 unspecified atom stereocenters. The predicted molar refractivity (Wildman–Crippen MR) is 92.9 cm³/mol. The number of benzene rings is 1. The molecule has 0 aliphatic rings. The zero-order valence-electron chi connectivity index (χ0n) is 13.7. The predicted octanol–water partition coefficient (Wildman–Crippen LogP) is 4.79. The first-order chi connectivity index (χ1) is 11.1. The summed E-state index contributed by atoms with van der Waals surface area (Å²) in [5.41, 5.74) is 0.923. The summed E-state index contributed by atoms with van der Waals surface area (Å²) >= 11 is 3.41. The Hall–Kier alpha value is -1.36. The van der Waals surface area contributed by atoms with Crippen LogP contribution in [0.3, 0.4) is 0 Å². The highest BCUT2D eigenvalue weighted by atomic mass is 79.9. The fourth-order valence-corrected chi connectivity index (χ4v) is 2.41. The molecule has 0 aliphatic heterocycles. The number of ether oxygens (including phenoxy) is 2. The normalized spacial score (nSPS) is 10.3. The first kappa shape index (κ1) is 19.7. The van der Waals surface area contributed by atoms with Crippen LogP contribution in [0.1, 0.15) is 57.4 Å². The van der Waals surface area contributed by atoms with Crippen molar-refractivity contribution < 1.29 is 19.1 Å². The van der Waals surface area contributed by atoms with Gasteiger partial charge in [-0.1, -0.05) is 60.3 Å². The molecule has 0 bridgehead atoms. The van der Waals surface area contributed by atoms with Gasteiger partial charge in [-0.25, -0.2) is 0 Å². The molecule has 0 amide bonds. The van der Waals surface area contributed by atoms with E-state index in [-0.39, 0.29) is 31.4 Å². The van der Waals surface area contributed by atoms with Crippen molar-refractivity contribution in [3.63, 3.8) is 0 Å². The van der Waals surface area contributed by atoms with Crippen molar-refractivity contribution in [1.82, 2.24) is 0 Å². The molecule has 4 nitrogen and oxygen atoms in total. The Labute approximate surface area is 146 Å². The first-order valence-electron chi connectivity index (χ1n) is 8.18. The largest absolute Gasteiger partial charge is 0.466 e. The maximum Gasteiger partial charge on any atom is 0.306 e. The minimum atomic E-state index is -0.295. The van der Waals surface area contributed by atoms with Crippen LogP contribution < -0.4 is 0 Å². The highest BCUT2D eigenvalue weighted by Gasteiger charge is 2.08. The fourth-order valence-electron chi connectivity index (χ4n) is 2.01. The minimum Gasteiger partial charge on any atom is -0.466 e. The number of hydrogen-bond donors (Lipinski definition) is 0. The second kappa shape index (κ2) is 12.1. The third-order valence-electron chi connectivity index (χ3n) is 3.37. The summed E-state index contributed by atoms with van der Waals surface area (Å²) in [6, 6.07) is 7.60. The van der Waals surface area contributed by atoms with E-state index in [2.05, 4.69) is 22.9 Å². The topological polar surface area (TPSA) is 52.6 Å². The highest BCUT2D eigenvalue weighted by molar-refractivity contribution is 9.10. The van der Waals surface area contributed by atoms with E-state index in [0.717, 1.165) is 29.3 Å². The Morgan fingerprint density at radius 1 is 0.957 bits per heavy atom. The molecular weight excluding hydrogens is 360 g/mol. The monoisotopic (exact) mass is 384 g/mol. The molecule has 0 spiro atoms. The lowest BCUT2D eigenvalue weighted by Crippen LogP contribution is -2.09. The summed E-state index contributed by atoms with van der Waals surface area (Å²) in [5, 5.41) is 0. The fraction of sp³-hybridized carbons (Fsp3) is 0.556. The van der Waals surface area contributed by atoms with Gasteiger partial charge in [-0.15, -0.1) is 0 Å². The van der Waals surface area contributed by atoms with Crippen LogP contribution in [0.4, 0.5) is 0 Å². The standard InChI is InChI=1S/C18H25BrO4/c1-2-3-4-7-13-22-17(20)11-8-12-18(21)23-14-15-9-5-6-10-16(15)19/h5-6,9-10H,2-4,7-8,11-14H2,1H3. The lowest BCUT2D eigenvalue weighted by Gasteiger charge is -2.07. The number of carbonyl (C=O) groups is 2. The molecule has 0 N–H and O–H groups in total. The van der Waals surface area contributed by atoms with Crippen molar-refractivity contribution in [2.45, 2.75) is 58.5 Å². The van der Waals surface area contributed by atoms with E-state index >= 15 is 0 Å². The lowest BCUT2D eigenvalue weighted by molar-refractivity contribution is -0.146. The van der Waals surface area contributed by atoms with E-state index in [9.17, 15) is 9.59 Å². The Kier molecular flexibility index (Phi) is 10.4. The van der Waals surface area contributed by atoms with Gasteiger partial charge in [0.05, 0.1) is 6.61 Å². The molecule has 1 aromatic carbocycles. The molecule has 0 aromatic heterocycles. The van der Waals surface area contributed by atoms with Gasteiger partial charge in [-0.3, -0.25) is 9.59 Å². The molecule has 0 radical (unpaired) electrons. The number of rotatable bonds is 11. The van der Waals surface area contributed by atoms with Gasteiger partial charge in [-0.05, 0) is 18.9 Å². The smallest absolute Gasteiger partial charge is 0.306 e. The summed E-state index contributed by atoms with van der Waals surface area (Å²) < 4.78 is 11.2. The van der Waals surface area contributed by atoms with E-state index in [1.165, 1.54) is 6.42 Å². The lowest BCUT2D eigenvalue weighted by atomic mass is 10.2. The van der Waals surface area contributed by atoms with E-state index in [0.29, 0.717) is 13.0 Å². The van der Waals surface area contributed by atoms with Crippen molar-refractivity contribution in [2.24, 2.45) is 0 Å². The van der Waals surface area contributed by atoms with Gasteiger partial charge in [-0.2, -0.15) is 0 Å². The van der Waals surface area contributed by atoms with Crippen molar-refractivity contribution >= 4 is 27.9 Å². The SMILES string of the molecule is CCCCCCOC(=O)CCCC(=O)OCc1ccccc1Br. The van der Waals surface area contributed by atoms with Gasteiger partial charge in [0.2, 0.25) is 0 Å². The zero-order valence-corrected chi connectivity index (χ0v) is 15.3. The summed E-state index contributed by atoms with van der Waals surface area (Å²) in [7, 11) is 0. The van der Waals surface area contributed by atoms with Crippen molar-refractivity contribution in [2.75, 3.05) is 6.61 Å². The molecular formula is C18H25BrO4. The van der Waals surface area contributed by atoms with Crippen LogP contribution in [0.25, 0.3) is 0 Å². The average molecular weight is 385 g/mol. The van der Waals surface area contributed by atoms with Crippen LogP contribution in [0.2, 0.25) is 0 Å². The molecule has 0 atom stereocenters. The molecule has 0 saturated carbocycles. The molecule has 5 heteroatoms. The Balaban J connectivity index is 2.07. The van der Waals surface area contributed by atoms with E-state index in [4.69, 9.17) is 9.47 Å². The van der Waals surface area contributed by atoms with Gasteiger partial charge in [0.1, 0.15) is 6.61 Å². The Morgan fingerprint density at radius 3 is 2.35 bits per heavy atom. The van der Waals surface area contributed by atoms with Crippen LogP contribution in [-0.2, 0) is 25.7 Å². The van der Waals surface area contributed by atoms with Crippen LogP contribution in [0, 0.1) is 0 Å². The van der Waals surface area contributed by atoms with Crippen molar-refractivity contribution in [3.05, 3.63) is 34.3 Å². The zero-order chi connectivity index (χ0) is 16.9. The maximum absolute atomic E-state index is 11.7. The minimum absolute atomic E-state index is 0.232. The summed E-state index contributed by atoms with van der Waals surface area (Å²) in [4.78, 5) is 23.2. The van der Waals surface area contributed by atoms with Gasteiger partial charge in [0, 0.05) is 22.9 Å². The van der Waals surface area contributed by atoms with Crippen LogP contribution in [0.15, 0.2) is 28.7 Å². The summed E-state index contributed by atoms with van der Waals surface area (Å²) in [6.45, 7) is 2.86. The van der Waals surface area contributed by atoms with E-state index in [1.54, 1.807) is 0 Å². The summed E-state index contributed by atoms with van der Waals surface area (Å²) in [5.74, 6) is -0.531. The van der Waals surface area contributed by atoms with Crippen molar-refractivity contribution in [3.8, 4) is 0 Å². The number of hydrogen-bond acceptors (Lipinski definition) is 4. The molecule has 0 fully saturated rings. The van der Waals surface area contributed by atoms with Crippen LogP contribution >= 0.6 is 15.9 Å². The highest BCUT2D eigenvalue weighted by Crippen LogP contribution is 2.17. The van der Waals surface area contributed by atoms with Crippen LogP contribution in [-0.4, -0.2) is 18.5 Å². The van der Waals surface area contributed by atoms with Gasteiger partial charge in [0.15, 0.2) is 0 Å². The number of carbonyl (C=O) groups excluding carboxylic acids is 2. The molecule has 0 aliphatic carbocycles. The van der Waals surface area contributed by atoms with Crippen LogP contribution in [0.5, 0.6) is 0 Å². The molecule has 1 aromatic rings. The Bertz CT molecular complexity index is 488.